The Morgan fingerprint density at radius 1 is 1.20 bits per heavy atom. The zero-order chi connectivity index (χ0) is 14.2. The van der Waals surface area contributed by atoms with Crippen LogP contribution < -0.4 is 14.8 Å². The highest BCUT2D eigenvalue weighted by Gasteiger charge is 2.02. The molecule has 6 heteroatoms. The molecule has 108 valence electrons. The van der Waals surface area contributed by atoms with Crippen LogP contribution in [-0.2, 0) is 6.42 Å². The van der Waals surface area contributed by atoms with E-state index in [4.69, 9.17) is 9.47 Å². The summed E-state index contributed by atoms with van der Waals surface area (Å²) < 4.78 is 10.8. The number of methoxy groups -OCH3 is 1. The fourth-order valence-electron chi connectivity index (χ4n) is 1.71. The molecule has 20 heavy (non-hydrogen) atoms. The number of anilines is 1. The van der Waals surface area contributed by atoms with E-state index in [1.807, 2.05) is 31.3 Å². The molecule has 0 bridgehead atoms. The van der Waals surface area contributed by atoms with Crippen LogP contribution in [0, 0.1) is 0 Å². The summed E-state index contributed by atoms with van der Waals surface area (Å²) in [5, 5.41) is 13.0. The van der Waals surface area contributed by atoms with Crippen molar-refractivity contribution in [3.63, 3.8) is 0 Å². The van der Waals surface area contributed by atoms with E-state index in [0.29, 0.717) is 6.61 Å². The number of nitrogens with zero attached hydrogens (tertiary/aromatic N) is 2. The van der Waals surface area contributed by atoms with Crippen LogP contribution >= 0.6 is 11.3 Å². The Balaban J connectivity index is 1.66. The number of unbranched alkanes of at least 4 members (excludes halogenated alkanes) is 1. The van der Waals surface area contributed by atoms with Crippen molar-refractivity contribution >= 4 is 16.5 Å². The van der Waals surface area contributed by atoms with Gasteiger partial charge >= 0.3 is 0 Å². The zero-order valence-electron chi connectivity index (χ0n) is 11.8. The number of rotatable bonds is 8. The van der Waals surface area contributed by atoms with Crippen molar-refractivity contribution in [3.05, 3.63) is 29.3 Å². The minimum absolute atomic E-state index is 0.699. The van der Waals surface area contributed by atoms with E-state index in [1.165, 1.54) is 0 Å². The molecule has 0 aliphatic rings. The summed E-state index contributed by atoms with van der Waals surface area (Å²) in [7, 11) is 3.51. The van der Waals surface area contributed by atoms with Crippen LogP contribution in [-0.4, -0.2) is 31.0 Å². The van der Waals surface area contributed by atoms with Gasteiger partial charge in [0.25, 0.3) is 0 Å². The summed E-state index contributed by atoms with van der Waals surface area (Å²) in [6.45, 7) is 0.699. The topological polar surface area (TPSA) is 56.3 Å². The van der Waals surface area contributed by atoms with E-state index < -0.39 is 0 Å². The van der Waals surface area contributed by atoms with Crippen molar-refractivity contribution in [1.82, 2.24) is 10.2 Å². The molecule has 2 aromatic rings. The van der Waals surface area contributed by atoms with Gasteiger partial charge in [-0.05, 0) is 25.0 Å². The molecule has 2 rings (SSSR count). The molecule has 1 heterocycles. The predicted octanol–water partition coefficient (Wildman–Crippen LogP) is 2.99. The highest BCUT2D eigenvalue weighted by Crippen LogP contribution is 2.19. The van der Waals surface area contributed by atoms with Gasteiger partial charge in [0.15, 0.2) is 0 Å². The number of aromatic nitrogens is 2. The zero-order valence-corrected chi connectivity index (χ0v) is 12.6. The van der Waals surface area contributed by atoms with Crippen LogP contribution in [0.3, 0.4) is 0 Å². The molecule has 0 saturated heterocycles. The first-order valence-electron chi connectivity index (χ1n) is 6.59. The molecule has 1 N–H and O–H groups in total. The summed E-state index contributed by atoms with van der Waals surface area (Å²) in [6.07, 6.45) is 2.98. The number of hydrogen-bond donors (Lipinski definition) is 1. The summed E-state index contributed by atoms with van der Waals surface area (Å²) in [5.41, 5.74) is 0. The average molecular weight is 293 g/mol. The molecule has 0 amide bonds. The second-order valence-electron chi connectivity index (χ2n) is 4.24. The quantitative estimate of drug-likeness (QED) is 0.758. The number of aryl methyl sites for hydroxylation is 1. The molecule has 1 aromatic heterocycles. The van der Waals surface area contributed by atoms with Crippen molar-refractivity contribution < 1.29 is 9.47 Å². The third-order valence-electron chi connectivity index (χ3n) is 2.78. The van der Waals surface area contributed by atoms with Crippen molar-refractivity contribution in [2.24, 2.45) is 0 Å². The Hall–Kier alpha value is -1.82. The Morgan fingerprint density at radius 2 is 2.05 bits per heavy atom. The van der Waals surface area contributed by atoms with Crippen molar-refractivity contribution in [2.45, 2.75) is 19.3 Å². The number of benzene rings is 1. The van der Waals surface area contributed by atoms with Crippen LogP contribution in [0.25, 0.3) is 0 Å². The third-order valence-corrected chi connectivity index (χ3v) is 3.78. The lowest BCUT2D eigenvalue weighted by Gasteiger charge is -2.07. The minimum Gasteiger partial charge on any atom is -0.497 e. The van der Waals surface area contributed by atoms with Gasteiger partial charge in [-0.25, -0.2) is 0 Å². The van der Waals surface area contributed by atoms with Gasteiger partial charge in [0.2, 0.25) is 5.13 Å². The monoisotopic (exact) mass is 293 g/mol. The van der Waals surface area contributed by atoms with E-state index in [2.05, 4.69) is 15.5 Å². The van der Waals surface area contributed by atoms with E-state index in [9.17, 15) is 0 Å². The highest BCUT2D eigenvalue weighted by atomic mass is 32.1. The minimum atomic E-state index is 0.699. The van der Waals surface area contributed by atoms with Gasteiger partial charge < -0.3 is 14.8 Å². The second kappa shape index (κ2) is 7.69. The fraction of sp³-hybridized carbons (Fsp3) is 0.429. The molecule has 0 aliphatic heterocycles. The maximum atomic E-state index is 5.69. The molecule has 0 spiro atoms. The first-order chi connectivity index (χ1) is 9.81. The van der Waals surface area contributed by atoms with Gasteiger partial charge in [-0.2, -0.15) is 0 Å². The average Bonchev–Trinajstić information content (AvgIpc) is 2.95. The van der Waals surface area contributed by atoms with Crippen LogP contribution in [0.4, 0.5) is 5.13 Å². The molecule has 0 radical (unpaired) electrons. The number of ether oxygens (including phenoxy) is 2. The molecular weight excluding hydrogens is 274 g/mol. The van der Waals surface area contributed by atoms with Crippen LogP contribution in [0.5, 0.6) is 11.5 Å². The Kier molecular flexibility index (Phi) is 5.61. The van der Waals surface area contributed by atoms with Gasteiger partial charge in [-0.15, -0.1) is 10.2 Å². The summed E-state index contributed by atoms with van der Waals surface area (Å²) in [6, 6.07) is 7.66. The van der Waals surface area contributed by atoms with Gasteiger partial charge in [0.1, 0.15) is 16.5 Å². The van der Waals surface area contributed by atoms with E-state index in [1.54, 1.807) is 18.4 Å². The van der Waals surface area contributed by atoms with E-state index in [0.717, 1.165) is 40.9 Å². The summed E-state index contributed by atoms with van der Waals surface area (Å²) in [4.78, 5) is 0. The molecule has 0 unspecified atom stereocenters. The summed E-state index contributed by atoms with van der Waals surface area (Å²) >= 11 is 1.60. The van der Waals surface area contributed by atoms with Crippen molar-refractivity contribution in [1.29, 1.82) is 0 Å². The number of hydrogen-bond acceptors (Lipinski definition) is 6. The maximum absolute atomic E-state index is 5.69. The van der Waals surface area contributed by atoms with Crippen LogP contribution in [0.2, 0.25) is 0 Å². The second-order valence-corrected chi connectivity index (χ2v) is 5.30. The molecule has 0 saturated carbocycles. The third kappa shape index (κ3) is 4.38. The van der Waals surface area contributed by atoms with E-state index in [-0.39, 0.29) is 0 Å². The number of nitrogens with one attached hydrogen (secondary N) is 1. The molecule has 0 aliphatic carbocycles. The standard InChI is InChI=1S/C14H19N3O2S/c1-15-14-17-16-13(20-14)8-3-4-9-19-12-7-5-6-11(10-12)18-2/h5-7,10H,3-4,8-9H2,1-2H3,(H,15,17). The van der Waals surface area contributed by atoms with E-state index >= 15 is 0 Å². The van der Waals surface area contributed by atoms with Crippen LogP contribution in [0.15, 0.2) is 24.3 Å². The van der Waals surface area contributed by atoms with Crippen molar-refractivity contribution in [2.75, 3.05) is 26.1 Å². The lowest BCUT2D eigenvalue weighted by Crippen LogP contribution is -1.98. The molecular formula is C14H19N3O2S. The van der Waals surface area contributed by atoms with Gasteiger partial charge in [-0.3, -0.25) is 0 Å². The van der Waals surface area contributed by atoms with Gasteiger partial charge in [-0.1, -0.05) is 17.4 Å². The van der Waals surface area contributed by atoms with Crippen LogP contribution in [0.1, 0.15) is 17.8 Å². The van der Waals surface area contributed by atoms with Gasteiger partial charge in [0.05, 0.1) is 13.7 Å². The van der Waals surface area contributed by atoms with Crippen molar-refractivity contribution in [3.8, 4) is 11.5 Å². The SMILES string of the molecule is CNc1nnc(CCCCOc2cccc(OC)c2)s1. The maximum Gasteiger partial charge on any atom is 0.205 e. The molecule has 1 aromatic carbocycles. The highest BCUT2D eigenvalue weighted by molar-refractivity contribution is 7.15. The molecule has 0 fully saturated rings. The molecule has 0 atom stereocenters. The first-order valence-corrected chi connectivity index (χ1v) is 7.40. The largest absolute Gasteiger partial charge is 0.497 e. The Morgan fingerprint density at radius 3 is 2.80 bits per heavy atom. The Labute approximate surface area is 123 Å². The normalized spacial score (nSPS) is 10.3. The smallest absolute Gasteiger partial charge is 0.205 e. The first kappa shape index (κ1) is 14.6. The predicted molar refractivity (Wildman–Crippen MR) is 80.9 cm³/mol. The lowest BCUT2D eigenvalue weighted by atomic mass is 10.2. The lowest BCUT2D eigenvalue weighted by molar-refractivity contribution is 0.304. The summed E-state index contributed by atoms with van der Waals surface area (Å²) in [5.74, 6) is 1.66. The molecule has 5 nitrogen and oxygen atoms in total. The fourth-order valence-corrected chi connectivity index (χ4v) is 2.45. The van der Waals surface area contributed by atoms with Gasteiger partial charge in [0, 0.05) is 19.5 Å². The Bertz CT molecular complexity index is 531.